The minimum Gasteiger partial charge on any atom is -0.493 e. The molecule has 2 N–H and O–H groups in total. The molecule has 1 aliphatic rings. The molecule has 1 atom stereocenters. The zero-order chi connectivity index (χ0) is 19.7. The molecule has 0 saturated carbocycles. The quantitative estimate of drug-likeness (QED) is 0.679. The fourth-order valence-electron chi connectivity index (χ4n) is 3.39. The zero-order valence-corrected chi connectivity index (χ0v) is 16.9. The number of fused-ring (bicyclic) bond motifs is 1. The number of methoxy groups -OCH3 is 2. The molecular formula is C21H22N4O2S. The molecule has 0 fully saturated rings. The number of hydrogen-bond donors (Lipinski definition) is 1. The van der Waals surface area contributed by atoms with E-state index in [1.54, 1.807) is 31.8 Å². The number of nitrogen functional groups attached to an aromatic ring is 1. The van der Waals surface area contributed by atoms with Gasteiger partial charge in [-0.3, -0.25) is 0 Å². The monoisotopic (exact) mass is 394 g/mol. The molecule has 0 saturated heterocycles. The SMILES string of the molecule is COc1cc2c(cc1OC)C(c1ccc(N)cc1)=NN(c1nccs1)C(C)C2. The molecule has 2 heterocycles. The Morgan fingerprint density at radius 1 is 1.11 bits per heavy atom. The van der Waals surface area contributed by atoms with Crippen molar-refractivity contribution in [1.29, 1.82) is 0 Å². The van der Waals surface area contributed by atoms with Gasteiger partial charge in [0, 0.05) is 28.4 Å². The maximum atomic E-state index is 5.90. The summed E-state index contributed by atoms with van der Waals surface area (Å²) in [7, 11) is 3.30. The van der Waals surface area contributed by atoms with Gasteiger partial charge in [0.25, 0.3) is 0 Å². The van der Waals surface area contributed by atoms with E-state index in [1.165, 1.54) is 0 Å². The van der Waals surface area contributed by atoms with Crippen molar-refractivity contribution in [3.05, 3.63) is 64.7 Å². The fourth-order valence-corrected chi connectivity index (χ4v) is 4.08. The van der Waals surface area contributed by atoms with Crippen molar-refractivity contribution in [3.8, 4) is 11.5 Å². The van der Waals surface area contributed by atoms with E-state index >= 15 is 0 Å². The van der Waals surface area contributed by atoms with Gasteiger partial charge < -0.3 is 15.2 Å². The van der Waals surface area contributed by atoms with Crippen LogP contribution in [-0.4, -0.2) is 31.0 Å². The number of nitrogens with zero attached hydrogens (tertiary/aromatic N) is 3. The van der Waals surface area contributed by atoms with Crippen molar-refractivity contribution >= 4 is 27.9 Å². The van der Waals surface area contributed by atoms with E-state index in [-0.39, 0.29) is 6.04 Å². The van der Waals surface area contributed by atoms with Crippen molar-refractivity contribution in [3.63, 3.8) is 0 Å². The summed E-state index contributed by atoms with van der Waals surface area (Å²) in [4.78, 5) is 4.47. The van der Waals surface area contributed by atoms with E-state index in [9.17, 15) is 0 Å². The lowest BCUT2D eigenvalue weighted by Gasteiger charge is -2.22. The highest BCUT2D eigenvalue weighted by molar-refractivity contribution is 7.13. The highest BCUT2D eigenvalue weighted by Crippen LogP contribution is 2.35. The Morgan fingerprint density at radius 3 is 2.46 bits per heavy atom. The summed E-state index contributed by atoms with van der Waals surface area (Å²) in [5.41, 5.74) is 10.6. The first-order chi connectivity index (χ1) is 13.6. The Labute approximate surface area is 168 Å². The number of rotatable bonds is 4. The molecule has 0 aliphatic carbocycles. The van der Waals surface area contributed by atoms with Crippen molar-refractivity contribution < 1.29 is 9.47 Å². The van der Waals surface area contributed by atoms with Gasteiger partial charge in [-0.1, -0.05) is 12.1 Å². The Kier molecular flexibility index (Phi) is 4.92. The predicted molar refractivity (Wildman–Crippen MR) is 114 cm³/mol. The van der Waals surface area contributed by atoms with Crippen molar-refractivity contribution in [2.75, 3.05) is 25.0 Å². The number of hydrazone groups is 1. The molecule has 2 aromatic carbocycles. The third-order valence-electron chi connectivity index (χ3n) is 4.80. The molecule has 0 radical (unpaired) electrons. The minimum absolute atomic E-state index is 0.134. The van der Waals surface area contributed by atoms with Crippen LogP contribution in [0.25, 0.3) is 0 Å². The average Bonchev–Trinajstić information content (AvgIpc) is 3.19. The third kappa shape index (κ3) is 3.29. The third-order valence-corrected chi connectivity index (χ3v) is 5.57. The molecule has 6 nitrogen and oxygen atoms in total. The van der Waals surface area contributed by atoms with E-state index in [0.29, 0.717) is 11.5 Å². The summed E-state index contributed by atoms with van der Waals surface area (Å²) in [5.74, 6) is 1.40. The zero-order valence-electron chi connectivity index (χ0n) is 16.0. The Morgan fingerprint density at radius 2 is 1.82 bits per heavy atom. The number of ether oxygens (including phenoxy) is 2. The van der Waals surface area contributed by atoms with Gasteiger partial charge in [0.15, 0.2) is 11.5 Å². The van der Waals surface area contributed by atoms with Crippen LogP contribution in [0.2, 0.25) is 0 Å². The fraction of sp³-hybridized carbons (Fsp3) is 0.238. The Hall–Kier alpha value is -3.06. The number of anilines is 2. The second kappa shape index (κ2) is 7.52. The van der Waals surface area contributed by atoms with E-state index in [4.69, 9.17) is 20.3 Å². The van der Waals surface area contributed by atoms with Gasteiger partial charge in [-0.25, -0.2) is 9.99 Å². The van der Waals surface area contributed by atoms with Crippen LogP contribution in [-0.2, 0) is 6.42 Å². The van der Waals surface area contributed by atoms with Gasteiger partial charge in [-0.15, -0.1) is 11.3 Å². The van der Waals surface area contributed by atoms with Crippen molar-refractivity contribution in [2.45, 2.75) is 19.4 Å². The molecule has 0 amide bonds. The van der Waals surface area contributed by atoms with E-state index in [1.807, 2.05) is 46.8 Å². The minimum atomic E-state index is 0.134. The second-order valence-electron chi connectivity index (χ2n) is 6.65. The lowest BCUT2D eigenvalue weighted by atomic mass is 9.94. The summed E-state index contributed by atoms with van der Waals surface area (Å²) < 4.78 is 11.1. The van der Waals surface area contributed by atoms with Crippen LogP contribution in [0, 0.1) is 0 Å². The molecule has 1 aromatic heterocycles. The van der Waals surface area contributed by atoms with E-state index in [0.717, 1.165) is 39.6 Å². The summed E-state index contributed by atoms with van der Waals surface area (Å²) >= 11 is 1.57. The first kappa shape index (κ1) is 18.3. The summed E-state index contributed by atoms with van der Waals surface area (Å²) in [6, 6.07) is 11.9. The first-order valence-electron chi connectivity index (χ1n) is 8.99. The molecule has 0 spiro atoms. The van der Waals surface area contributed by atoms with Gasteiger partial charge in [0.1, 0.15) is 0 Å². The predicted octanol–water partition coefficient (Wildman–Crippen LogP) is 3.95. The van der Waals surface area contributed by atoms with Crippen LogP contribution in [0.1, 0.15) is 23.6 Å². The maximum Gasteiger partial charge on any atom is 0.206 e. The molecule has 1 aliphatic heterocycles. The molecule has 1 unspecified atom stereocenters. The van der Waals surface area contributed by atoms with Crippen LogP contribution in [0.5, 0.6) is 11.5 Å². The smallest absolute Gasteiger partial charge is 0.206 e. The van der Waals surface area contributed by atoms with Crippen LogP contribution in [0.3, 0.4) is 0 Å². The van der Waals surface area contributed by atoms with Gasteiger partial charge in [0.2, 0.25) is 5.13 Å². The highest BCUT2D eigenvalue weighted by atomic mass is 32.1. The first-order valence-corrected chi connectivity index (χ1v) is 9.87. The molecule has 28 heavy (non-hydrogen) atoms. The normalized spacial score (nSPS) is 16.2. The maximum absolute atomic E-state index is 5.90. The number of benzene rings is 2. The lowest BCUT2D eigenvalue weighted by Crippen LogP contribution is -2.29. The van der Waals surface area contributed by atoms with Crippen LogP contribution in [0.4, 0.5) is 10.8 Å². The van der Waals surface area contributed by atoms with Crippen LogP contribution in [0.15, 0.2) is 53.1 Å². The number of aromatic nitrogens is 1. The van der Waals surface area contributed by atoms with E-state index < -0.39 is 0 Å². The standard InChI is InChI=1S/C21H22N4O2S/c1-13-10-15-11-18(26-2)19(27-3)12-17(15)20(14-4-6-16(22)7-5-14)24-25(13)21-23-8-9-28-21/h4-9,11-13H,10,22H2,1-3H3. The molecule has 7 heteroatoms. The summed E-state index contributed by atoms with van der Waals surface area (Å²) in [6.45, 7) is 2.15. The van der Waals surface area contributed by atoms with Crippen LogP contribution >= 0.6 is 11.3 Å². The van der Waals surface area contributed by atoms with Gasteiger partial charge >= 0.3 is 0 Å². The number of nitrogens with two attached hydrogens (primary N) is 1. The van der Waals surface area contributed by atoms with Crippen LogP contribution < -0.4 is 20.2 Å². The number of hydrogen-bond acceptors (Lipinski definition) is 7. The lowest BCUT2D eigenvalue weighted by molar-refractivity contribution is 0.354. The average molecular weight is 395 g/mol. The summed E-state index contributed by atoms with van der Waals surface area (Å²) in [5, 5.41) is 9.86. The van der Waals surface area contributed by atoms with Crippen molar-refractivity contribution in [1.82, 2.24) is 4.98 Å². The molecule has 144 valence electrons. The summed E-state index contributed by atoms with van der Waals surface area (Å²) in [6.07, 6.45) is 2.60. The molecule has 3 aromatic rings. The molecule has 0 bridgehead atoms. The molecule has 4 rings (SSSR count). The van der Waals surface area contributed by atoms with E-state index in [2.05, 4.69) is 11.9 Å². The van der Waals surface area contributed by atoms with Gasteiger partial charge in [0.05, 0.1) is 26.0 Å². The largest absolute Gasteiger partial charge is 0.493 e. The van der Waals surface area contributed by atoms with Gasteiger partial charge in [-0.2, -0.15) is 5.10 Å². The molecular weight excluding hydrogens is 372 g/mol. The van der Waals surface area contributed by atoms with Gasteiger partial charge in [-0.05, 0) is 43.2 Å². The second-order valence-corrected chi connectivity index (χ2v) is 7.52. The Balaban J connectivity index is 1.94. The Bertz CT molecular complexity index is 1000. The number of thiazole rings is 1. The van der Waals surface area contributed by atoms with Crippen molar-refractivity contribution in [2.24, 2.45) is 5.10 Å². The topological polar surface area (TPSA) is 73.0 Å². The highest BCUT2D eigenvalue weighted by Gasteiger charge is 2.27.